The average molecular weight is 955 g/mol. The molecule has 0 aromatic heterocycles. The van der Waals surface area contributed by atoms with E-state index in [0.717, 1.165) is 38.5 Å². The molecule has 1 saturated heterocycles. The van der Waals surface area contributed by atoms with Crippen molar-refractivity contribution in [3.05, 3.63) is 0 Å². The van der Waals surface area contributed by atoms with E-state index in [2.05, 4.69) is 19.2 Å². The highest BCUT2D eigenvalue weighted by molar-refractivity contribution is 6.01. The molecule has 388 valence electrons. The highest BCUT2D eigenvalue weighted by Gasteiger charge is 2.32. The van der Waals surface area contributed by atoms with E-state index in [1.165, 1.54) is 122 Å². The number of esters is 3. The summed E-state index contributed by atoms with van der Waals surface area (Å²) in [7, 11) is 0. The van der Waals surface area contributed by atoms with Crippen molar-refractivity contribution in [2.75, 3.05) is 59.4 Å². The zero-order chi connectivity index (χ0) is 48.8. The number of unbranched alkanes of at least 4 members (excludes halogenated alkanes) is 24. The molecule has 1 N–H and O–H groups in total. The quantitative estimate of drug-likeness (QED) is 0.0262. The third-order valence-electron chi connectivity index (χ3n) is 11.4. The molecule has 1 fully saturated rings. The summed E-state index contributed by atoms with van der Waals surface area (Å²) in [6.45, 7) is 4.68. The summed E-state index contributed by atoms with van der Waals surface area (Å²) >= 11 is 0. The van der Waals surface area contributed by atoms with E-state index in [9.17, 15) is 33.6 Å². The number of rotatable bonds is 48. The molecule has 16 heteroatoms. The molecule has 1 heterocycles. The van der Waals surface area contributed by atoms with Crippen molar-refractivity contribution in [1.29, 1.82) is 0 Å². The minimum absolute atomic E-state index is 0.0103. The molecular weight excluding hydrogens is 865 g/mol. The van der Waals surface area contributed by atoms with Crippen LogP contribution in [0, 0.1) is 0 Å². The zero-order valence-electron chi connectivity index (χ0n) is 41.7. The van der Waals surface area contributed by atoms with Gasteiger partial charge in [0.1, 0.15) is 19.8 Å². The van der Waals surface area contributed by atoms with Gasteiger partial charge in [-0.2, -0.15) is 0 Å². The van der Waals surface area contributed by atoms with Crippen LogP contribution >= 0.6 is 0 Å². The Labute approximate surface area is 402 Å². The zero-order valence-corrected chi connectivity index (χ0v) is 41.7. The van der Waals surface area contributed by atoms with Gasteiger partial charge in [0, 0.05) is 38.6 Å². The molecule has 0 spiro atoms. The normalized spacial score (nSPS) is 12.9. The summed E-state index contributed by atoms with van der Waals surface area (Å²) in [4.78, 5) is 89.6. The molecule has 1 unspecified atom stereocenters. The standard InChI is InChI=1S/C51H90N2O14/c1-3-5-7-9-11-13-15-17-19-21-23-25-27-29-48(57)64-41-44(66-50(59)30-28-26-24-22-20-18-16-14-12-10-8-6-4-2)42-65-49(58)34-31-45(54)52-35-36-61-37-38-62-39-40-63-43-51(60)67-53-46(55)32-33-47(53)56/h44H,3-43H2,1-2H3,(H,52,54). The number of carbonyl (C=O) groups excluding carboxylic acids is 7. The van der Waals surface area contributed by atoms with Crippen molar-refractivity contribution in [1.82, 2.24) is 10.4 Å². The molecule has 0 aromatic carbocycles. The maximum absolute atomic E-state index is 12.8. The van der Waals surface area contributed by atoms with E-state index in [0.29, 0.717) is 11.5 Å². The number of nitrogens with zero attached hydrogens (tertiary/aromatic N) is 1. The summed E-state index contributed by atoms with van der Waals surface area (Å²) in [6, 6.07) is 0. The Morgan fingerprint density at radius 1 is 0.463 bits per heavy atom. The van der Waals surface area contributed by atoms with Gasteiger partial charge in [-0.15, -0.1) is 5.06 Å². The van der Waals surface area contributed by atoms with E-state index >= 15 is 0 Å². The van der Waals surface area contributed by atoms with Crippen LogP contribution in [0.25, 0.3) is 0 Å². The van der Waals surface area contributed by atoms with Crippen LogP contribution in [-0.4, -0.2) is 112 Å². The monoisotopic (exact) mass is 955 g/mol. The van der Waals surface area contributed by atoms with Crippen molar-refractivity contribution in [3.63, 3.8) is 0 Å². The maximum atomic E-state index is 12.8. The number of ether oxygens (including phenoxy) is 6. The van der Waals surface area contributed by atoms with E-state index in [-0.39, 0.29) is 103 Å². The van der Waals surface area contributed by atoms with Crippen LogP contribution in [0.15, 0.2) is 0 Å². The van der Waals surface area contributed by atoms with Gasteiger partial charge >= 0.3 is 23.9 Å². The molecule has 0 aliphatic carbocycles. The largest absolute Gasteiger partial charge is 0.462 e. The summed E-state index contributed by atoms with van der Waals surface area (Å²) in [5.74, 6) is -3.80. The van der Waals surface area contributed by atoms with Gasteiger partial charge in [0.15, 0.2) is 6.10 Å². The highest BCUT2D eigenvalue weighted by atomic mass is 16.7. The van der Waals surface area contributed by atoms with Crippen LogP contribution < -0.4 is 5.32 Å². The van der Waals surface area contributed by atoms with Crippen molar-refractivity contribution < 1.29 is 66.8 Å². The highest BCUT2D eigenvalue weighted by Crippen LogP contribution is 2.16. The first-order valence-corrected chi connectivity index (χ1v) is 26.2. The van der Waals surface area contributed by atoms with Gasteiger partial charge in [0.2, 0.25) is 5.91 Å². The molecule has 1 aliphatic rings. The molecule has 1 aliphatic heterocycles. The molecule has 0 radical (unpaired) electrons. The topological polar surface area (TPSA) is 199 Å². The van der Waals surface area contributed by atoms with Crippen molar-refractivity contribution >= 4 is 41.6 Å². The second-order valence-corrected chi connectivity index (χ2v) is 17.6. The lowest BCUT2D eigenvalue weighted by Gasteiger charge is -2.18. The second kappa shape index (κ2) is 44.9. The van der Waals surface area contributed by atoms with E-state index in [1.807, 2.05) is 0 Å². The van der Waals surface area contributed by atoms with Crippen LogP contribution in [-0.2, 0) is 66.8 Å². The Kier molecular flexibility index (Phi) is 41.1. The maximum Gasteiger partial charge on any atom is 0.358 e. The Balaban J connectivity index is 2.27. The first-order valence-electron chi connectivity index (χ1n) is 26.2. The van der Waals surface area contributed by atoms with E-state index in [4.69, 9.17) is 33.3 Å². The van der Waals surface area contributed by atoms with Gasteiger partial charge in [-0.25, -0.2) is 4.79 Å². The number of nitrogens with one attached hydrogen (secondary N) is 1. The fraction of sp³-hybridized carbons (Fsp3) is 0.863. The third kappa shape index (κ3) is 39.0. The number of carbonyl (C=O) groups is 7. The van der Waals surface area contributed by atoms with Gasteiger partial charge in [0.05, 0.1) is 39.5 Å². The van der Waals surface area contributed by atoms with Crippen molar-refractivity contribution in [3.8, 4) is 0 Å². The summed E-state index contributed by atoms with van der Waals surface area (Å²) in [5.41, 5.74) is 0. The van der Waals surface area contributed by atoms with Gasteiger partial charge in [-0.05, 0) is 12.8 Å². The summed E-state index contributed by atoms with van der Waals surface area (Å²) < 4.78 is 32.3. The first-order chi connectivity index (χ1) is 32.7. The molecule has 0 bridgehead atoms. The van der Waals surface area contributed by atoms with Gasteiger partial charge in [-0.3, -0.25) is 28.8 Å². The van der Waals surface area contributed by atoms with Crippen LogP contribution in [0.1, 0.15) is 219 Å². The first kappa shape index (κ1) is 61.4. The van der Waals surface area contributed by atoms with Crippen LogP contribution in [0.2, 0.25) is 0 Å². The summed E-state index contributed by atoms with van der Waals surface area (Å²) in [6.07, 6.45) is 30.6. The lowest BCUT2D eigenvalue weighted by atomic mass is 10.0. The Bertz CT molecular complexity index is 1300. The Morgan fingerprint density at radius 2 is 0.851 bits per heavy atom. The number of imide groups is 1. The lowest BCUT2D eigenvalue weighted by Crippen LogP contribution is -2.33. The van der Waals surface area contributed by atoms with Crippen molar-refractivity contribution in [2.45, 2.75) is 225 Å². The molecular formula is C51H90N2O14. The minimum atomic E-state index is -0.943. The average Bonchev–Trinajstić information content (AvgIpc) is 3.63. The smallest absolute Gasteiger partial charge is 0.358 e. The number of hydroxylamine groups is 2. The predicted octanol–water partition coefficient (Wildman–Crippen LogP) is 9.50. The molecule has 1 rings (SSSR count). The van der Waals surface area contributed by atoms with Crippen LogP contribution in [0.5, 0.6) is 0 Å². The number of amides is 3. The van der Waals surface area contributed by atoms with Gasteiger partial charge in [-0.1, -0.05) is 168 Å². The number of hydrogen-bond acceptors (Lipinski definition) is 14. The summed E-state index contributed by atoms with van der Waals surface area (Å²) in [5, 5.41) is 3.13. The molecule has 16 nitrogen and oxygen atoms in total. The molecule has 0 aromatic rings. The fourth-order valence-electron chi connectivity index (χ4n) is 7.40. The van der Waals surface area contributed by atoms with Crippen molar-refractivity contribution in [2.24, 2.45) is 0 Å². The van der Waals surface area contributed by atoms with Gasteiger partial charge in [0.25, 0.3) is 11.8 Å². The number of hydrogen-bond donors (Lipinski definition) is 1. The second-order valence-electron chi connectivity index (χ2n) is 17.6. The van der Waals surface area contributed by atoms with Crippen LogP contribution in [0.4, 0.5) is 0 Å². The van der Waals surface area contributed by atoms with Crippen LogP contribution in [0.3, 0.4) is 0 Å². The predicted molar refractivity (Wildman–Crippen MR) is 254 cm³/mol. The third-order valence-corrected chi connectivity index (χ3v) is 11.4. The van der Waals surface area contributed by atoms with E-state index < -0.39 is 42.4 Å². The van der Waals surface area contributed by atoms with Gasteiger partial charge < -0.3 is 38.6 Å². The molecule has 67 heavy (non-hydrogen) atoms. The molecule has 0 saturated carbocycles. The molecule has 3 amide bonds. The fourth-order valence-corrected chi connectivity index (χ4v) is 7.40. The Hall–Kier alpha value is -3.63. The van der Waals surface area contributed by atoms with E-state index in [1.54, 1.807) is 0 Å². The minimum Gasteiger partial charge on any atom is -0.462 e. The lowest BCUT2D eigenvalue weighted by molar-refractivity contribution is -0.200. The SMILES string of the molecule is CCCCCCCCCCCCCCCC(=O)OCC(COC(=O)CCC(=O)NCCOCCOCCOCC(=O)ON1C(=O)CCC1=O)OC(=O)CCCCCCCCCCCCCCC. The molecule has 1 atom stereocenters. The Morgan fingerprint density at radius 3 is 1.31 bits per heavy atom.